The molecule has 0 radical (unpaired) electrons. The molecule has 1 aromatic rings. The van der Waals surface area contributed by atoms with Gasteiger partial charge in [-0.3, -0.25) is 9.69 Å². The maximum Gasteiger partial charge on any atom is 0.220 e. The maximum atomic E-state index is 12.1. The molecule has 0 spiro atoms. The highest BCUT2D eigenvalue weighted by atomic mass is 16.3. The predicted molar refractivity (Wildman–Crippen MR) is 105 cm³/mol. The Morgan fingerprint density at radius 2 is 1.85 bits per heavy atom. The molecule has 3 rings (SSSR count). The molecule has 0 bridgehead atoms. The molecule has 26 heavy (non-hydrogen) atoms. The Kier molecular flexibility index (Phi) is 7.18. The van der Waals surface area contributed by atoms with E-state index in [-0.39, 0.29) is 5.91 Å². The smallest absolute Gasteiger partial charge is 0.220 e. The SMILES string of the molecule is Cc1cc(CN2CCC(CNC(=O)CCC3CCCCC3)CC2)c(C)o1. The topological polar surface area (TPSA) is 45.5 Å². The van der Waals surface area contributed by atoms with Crippen LogP contribution >= 0.6 is 0 Å². The van der Waals surface area contributed by atoms with Crippen LogP contribution in [-0.4, -0.2) is 30.4 Å². The monoisotopic (exact) mass is 360 g/mol. The Bertz CT molecular complexity index is 567. The average molecular weight is 361 g/mol. The normalized spacial score (nSPS) is 20.4. The van der Waals surface area contributed by atoms with E-state index >= 15 is 0 Å². The van der Waals surface area contributed by atoms with Gasteiger partial charge in [0, 0.05) is 25.1 Å². The third kappa shape index (κ3) is 5.87. The van der Waals surface area contributed by atoms with Gasteiger partial charge in [0.1, 0.15) is 11.5 Å². The van der Waals surface area contributed by atoms with Gasteiger partial charge in [-0.05, 0) is 64.1 Å². The number of carbonyl (C=O) groups is 1. The second-order valence-corrected chi connectivity index (χ2v) is 8.50. The van der Waals surface area contributed by atoms with Gasteiger partial charge in [-0.2, -0.15) is 0 Å². The van der Waals surface area contributed by atoms with Gasteiger partial charge in [-0.25, -0.2) is 0 Å². The lowest BCUT2D eigenvalue weighted by atomic mass is 9.86. The van der Waals surface area contributed by atoms with E-state index in [1.165, 1.54) is 50.5 Å². The van der Waals surface area contributed by atoms with Gasteiger partial charge in [0.25, 0.3) is 0 Å². The first-order chi connectivity index (χ1) is 12.6. The van der Waals surface area contributed by atoms with E-state index in [0.717, 1.165) is 56.5 Å². The van der Waals surface area contributed by atoms with Crippen molar-refractivity contribution in [3.63, 3.8) is 0 Å². The Hall–Kier alpha value is -1.29. The number of nitrogens with zero attached hydrogens (tertiary/aromatic N) is 1. The molecule has 1 N–H and O–H groups in total. The summed E-state index contributed by atoms with van der Waals surface area (Å²) in [6.07, 6.45) is 11.0. The molecule has 1 aromatic heterocycles. The first-order valence-electron chi connectivity index (χ1n) is 10.6. The number of likely N-dealkylation sites (tertiary alicyclic amines) is 1. The Balaban J connectivity index is 1.30. The average Bonchev–Trinajstić information content (AvgIpc) is 2.97. The molecule has 0 unspecified atom stereocenters. The largest absolute Gasteiger partial charge is 0.466 e. The molecule has 1 aliphatic heterocycles. The van der Waals surface area contributed by atoms with Gasteiger partial charge in [-0.15, -0.1) is 0 Å². The number of aryl methyl sites for hydroxylation is 2. The Morgan fingerprint density at radius 1 is 1.12 bits per heavy atom. The van der Waals surface area contributed by atoms with Crippen molar-refractivity contribution in [2.24, 2.45) is 11.8 Å². The summed E-state index contributed by atoms with van der Waals surface area (Å²) in [6, 6.07) is 2.16. The van der Waals surface area contributed by atoms with Crippen molar-refractivity contribution in [1.82, 2.24) is 10.2 Å². The zero-order valence-electron chi connectivity index (χ0n) is 16.7. The molecule has 4 heteroatoms. The predicted octanol–water partition coefficient (Wildman–Crippen LogP) is 4.59. The fourth-order valence-corrected chi connectivity index (χ4v) is 4.59. The number of amides is 1. The quantitative estimate of drug-likeness (QED) is 0.774. The zero-order chi connectivity index (χ0) is 18.4. The van der Waals surface area contributed by atoms with Crippen LogP contribution in [0.25, 0.3) is 0 Å². The number of piperidine rings is 1. The van der Waals surface area contributed by atoms with Crippen molar-refractivity contribution in [3.05, 3.63) is 23.2 Å². The third-order valence-electron chi connectivity index (χ3n) is 6.34. The highest BCUT2D eigenvalue weighted by Crippen LogP contribution is 2.27. The number of rotatable bonds is 7. The minimum absolute atomic E-state index is 0.266. The van der Waals surface area contributed by atoms with Gasteiger partial charge in [-0.1, -0.05) is 32.1 Å². The molecule has 0 atom stereocenters. The van der Waals surface area contributed by atoms with Crippen LogP contribution in [0.5, 0.6) is 0 Å². The second kappa shape index (κ2) is 9.59. The van der Waals surface area contributed by atoms with Crippen LogP contribution in [0.4, 0.5) is 0 Å². The summed E-state index contributed by atoms with van der Waals surface area (Å²) in [5.41, 5.74) is 1.32. The molecule has 1 saturated heterocycles. The van der Waals surface area contributed by atoms with E-state index in [1.54, 1.807) is 0 Å². The minimum Gasteiger partial charge on any atom is -0.466 e. The molecule has 2 heterocycles. The second-order valence-electron chi connectivity index (χ2n) is 8.50. The van der Waals surface area contributed by atoms with Crippen LogP contribution in [0.2, 0.25) is 0 Å². The van der Waals surface area contributed by atoms with Gasteiger partial charge in [0.15, 0.2) is 0 Å². The van der Waals surface area contributed by atoms with E-state index in [4.69, 9.17) is 4.42 Å². The standard InChI is InChI=1S/C22H36N2O2/c1-17-14-21(18(2)26-17)16-24-12-10-20(11-13-24)15-23-22(25)9-8-19-6-4-3-5-7-19/h14,19-20H,3-13,15-16H2,1-2H3,(H,23,25). The number of carbonyl (C=O) groups excluding carboxylic acids is 1. The van der Waals surface area contributed by atoms with Gasteiger partial charge >= 0.3 is 0 Å². The van der Waals surface area contributed by atoms with Crippen molar-refractivity contribution in [2.75, 3.05) is 19.6 Å². The van der Waals surface area contributed by atoms with Crippen molar-refractivity contribution in [1.29, 1.82) is 0 Å². The van der Waals surface area contributed by atoms with E-state index in [1.807, 2.05) is 6.92 Å². The van der Waals surface area contributed by atoms with Gasteiger partial charge in [0.05, 0.1) is 0 Å². The molecule has 2 fully saturated rings. The molecule has 4 nitrogen and oxygen atoms in total. The third-order valence-corrected chi connectivity index (χ3v) is 6.34. The van der Waals surface area contributed by atoms with E-state index in [9.17, 15) is 4.79 Å². The van der Waals surface area contributed by atoms with Crippen LogP contribution in [0.15, 0.2) is 10.5 Å². The Morgan fingerprint density at radius 3 is 2.50 bits per heavy atom. The van der Waals surface area contributed by atoms with Gasteiger partial charge < -0.3 is 9.73 Å². The van der Waals surface area contributed by atoms with Gasteiger partial charge in [0.2, 0.25) is 5.91 Å². The summed E-state index contributed by atoms with van der Waals surface area (Å²) in [4.78, 5) is 14.7. The van der Waals surface area contributed by atoms with Crippen LogP contribution in [-0.2, 0) is 11.3 Å². The van der Waals surface area contributed by atoms with Crippen molar-refractivity contribution in [3.8, 4) is 0 Å². The Labute approximate surface area is 158 Å². The number of hydrogen-bond donors (Lipinski definition) is 1. The lowest BCUT2D eigenvalue weighted by Crippen LogP contribution is -2.38. The highest BCUT2D eigenvalue weighted by molar-refractivity contribution is 5.75. The van der Waals surface area contributed by atoms with Crippen molar-refractivity contribution in [2.45, 2.75) is 78.2 Å². The first-order valence-corrected chi connectivity index (χ1v) is 10.6. The molecular formula is C22H36N2O2. The highest BCUT2D eigenvalue weighted by Gasteiger charge is 2.21. The summed E-state index contributed by atoms with van der Waals surface area (Å²) >= 11 is 0. The maximum absolute atomic E-state index is 12.1. The van der Waals surface area contributed by atoms with E-state index < -0.39 is 0 Å². The summed E-state index contributed by atoms with van der Waals surface area (Å²) in [5, 5.41) is 3.20. The zero-order valence-corrected chi connectivity index (χ0v) is 16.7. The lowest BCUT2D eigenvalue weighted by molar-refractivity contribution is -0.121. The van der Waals surface area contributed by atoms with E-state index in [0.29, 0.717) is 5.92 Å². The molecule has 1 aliphatic carbocycles. The number of nitrogens with one attached hydrogen (secondary N) is 1. The van der Waals surface area contributed by atoms with Crippen LogP contribution in [0, 0.1) is 25.7 Å². The first kappa shape index (κ1) is 19.5. The lowest BCUT2D eigenvalue weighted by Gasteiger charge is -2.32. The summed E-state index contributed by atoms with van der Waals surface area (Å²) in [5.74, 6) is 3.76. The van der Waals surface area contributed by atoms with Crippen molar-refractivity contribution >= 4 is 5.91 Å². The van der Waals surface area contributed by atoms with Crippen LogP contribution < -0.4 is 5.32 Å². The molecule has 1 amide bonds. The summed E-state index contributed by atoms with van der Waals surface area (Å²) < 4.78 is 5.63. The number of hydrogen-bond acceptors (Lipinski definition) is 3. The fraction of sp³-hybridized carbons (Fsp3) is 0.773. The van der Waals surface area contributed by atoms with E-state index in [2.05, 4.69) is 23.2 Å². The van der Waals surface area contributed by atoms with Crippen molar-refractivity contribution < 1.29 is 9.21 Å². The summed E-state index contributed by atoms with van der Waals surface area (Å²) in [6.45, 7) is 8.15. The summed E-state index contributed by atoms with van der Waals surface area (Å²) in [7, 11) is 0. The fourth-order valence-electron chi connectivity index (χ4n) is 4.59. The molecule has 0 aromatic carbocycles. The molecular weight excluding hydrogens is 324 g/mol. The minimum atomic E-state index is 0.266. The molecule has 2 aliphatic rings. The molecule has 1 saturated carbocycles. The number of furan rings is 1. The molecule has 146 valence electrons. The van der Waals surface area contributed by atoms with Crippen LogP contribution in [0.3, 0.4) is 0 Å². The van der Waals surface area contributed by atoms with Crippen LogP contribution in [0.1, 0.15) is 74.9 Å².